The molecule has 0 spiro atoms. The van der Waals surface area contributed by atoms with Crippen LogP contribution in [0.15, 0.2) is 22.1 Å². The Hall–Kier alpha value is -1.92. The first-order valence-corrected chi connectivity index (χ1v) is 9.62. The number of morpholine rings is 1. The minimum absolute atomic E-state index is 0.182. The summed E-state index contributed by atoms with van der Waals surface area (Å²) in [7, 11) is 0. The van der Waals surface area contributed by atoms with Crippen LogP contribution in [-0.4, -0.2) is 50.4 Å². The zero-order valence-electron chi connectivity index (χ0n) is 15.4. The Morgan fingerprint density at radius 1 is 1.23 bits per heavy atom. The van der Waals surface area contributed by atoms with Crippen LogP contribution in [0, 0.1) is 0 Å². The van der Waals surface area contributed by atoms with Crippen molar-refractivity contribution in [1.29, 1.82) is 0 Å². The number of hydrogen-bond donors (Lipinski definition) is 1. The molecule has 3 aliphatic heterocycles. The topological polar surface area (TPSA) is 72.4 Å². The zero-order valence-corrected chi connectivity index (χ0v) is 15.4. The second-order valence-electron chi connectivity index (χ2n) is 7.53. The summed E-state index contributed by atoms with van der Waals surface area (Å²) in [6.45, 7) is 7.49. The van der Waals surface area contributed by atoms with Crippen LogP contribution in [0.25, 0.3) is 0 Å². The van der Waals surface area contributed by atoms with E-state index in [4.69, 9.17) is 15.2 Å². The van der Waals surface area contributed by atoms with Crippen LogP contribution in [0.2, 0.25) is 0 Å². The third-order valence-electron chi connectivity index (χ3n) is 5.60. The van der Waals surface area contributed by atoms with Gasteiger partial charge in [-0.15, -0.1) is 0 Å². The molecular formula is C20H28N4O2. The van der Waals surface area contributed by atoms with Gasteiger partial charge in [0.2, 0.25) is 0 Å². The zero-order chi connectivity index (χ0) is 18.1. The summed E-state index contributed by atoms with van der Waals surface area (Å²) in [5.41, 5.74) is 8.68. The third kappa shape index (κ3) is 3.48. The summed E-state index contributed by atoms with van der Waals surface area (Å²) in [5.74, 6) is 0.777. The molecule has 0 amide bonds. The Morgan fingerprint density at radius 3 is 2.54 bits per heavy atom. The fourth-order valence-electron chi connectivity index (χ4n) is 4.20. The van der Waals surface area contributed by atoms with E-state index in [-0.39, 0.29) is 6.10 Å². The van der Waals surface area contributed by atoms with Crippen LogP contribution in [0.1, 0.15) is 39.0 Å². The highest BCUT2D eigenvalue weighted by molar-refractivity contribution is 5.80. The summed E-state index contributed by atoms with van der Waals surface area (Å²) in [4.78, 5) is 11.1. The number of nitrogens with zero attached hydrogens (tertiary/aromatic N) is 3. The van der Waals surface area contributed by atoms with Gasteiger partial charge in [-0.2, -0.15) is 0 Å². The molecule has 0 aromatic heterocycles. The van der Waals surface area contributed by atoms with E-state index in [0.29, 0.717) is 18.2 Å². The fourth-order valence-corrected chi connectivity index (χ4v) is 4.20. The maximum absolute atomic E-state index is 6.36. The van der Waals surface area contributed by atoms with E-state index in [1.54, 1.807) is 6.21 Å². The molecule has 5 rings (SSSR count). The van der Waals surface area contributed by atoms with Crippen LogP contribution in [0.5, 0.6) is 5.75 Å². The predicted molar refractivity (Wildman–Crippen MR) is 106 cm³/mol. The van der Waals surface area contributed by atoms with Crippen LogP contribution >= 0.6 is 0 Å². The molecule has 140 valence electrons. The average Bonchev–Trinajstić information content (AvgIpc) is 2.63. The molecule has 4 fully saturated rings. The van der Waals surface area contributed by atoms with Gasteiger partial charge in [-0.25, -0.2) is 0 Å². The van der Waals surface area contributed by atoms with Crippen molar-refractivity contribution in [3.05, 3.63) is 12.1 Å². The van der Waals surface area contributed by atoms with Gasteiger partial charge >= 0.3 is 0 Å². The van der Waals surface area contributed by atoms with Gasteiger partial charge in [0.1, 0.15) is 11.4 Å². The third-order valence-corrected chi connectivity index (χ3v) is 5.60. The summed E-state index contributed by atoms with van der Waals surface area (Å²) in [6.07, 6.45) is 7.83. The molecule has 1 aromatic rings. The predicted octanol–water partition coefficient (Wildman–Crippen LogP) is 3.37. The first kappa shape index (κ1) is 17.5. The molecule has 0 radical (unpaired) electrons. The standard InChI is InChI=1S/C20H28N4O2/c1-3-23-18-8-14(24-11-16-10-17(12-24)25-16)9-19(20(18)22-2)26-15-6-4-13(21)5-7-15/h3,8-9,13,15-17H,2,4-7,10-12,21H2,1H3/b23-3-/t13-,15+,16?,17?. The Labute approximate surface area is 155 Å². The monoisotopic (exact) mass is 356 g/mol. The van der Waals surface area contributed by atoms with Gasteiger partial charge in [-0.1, -0.05) is 0 Å². The number of hydrogen-bond acceptors (Lipinski definition) is 6. The van der Waals surface area contributed by atoms with E-state index >= 15 is 0 Å². The molecule has 3 heterocycles. The lowest BCUT2D eigenvalue weighted by Crippen LogP contribution is -2.57. The maximum Gasteiger partial charge on any atom is 0.149 e. The van der Waals surface area contributed by atoms with Gasteiger partial charge in [0.25, 0.3) is 0 Å². The number of fused-ring (bicyclic) bond motifs is 2. The Kier molecular flexibility index (Phi) is 4.96. The van der Waals surface area contributed by atoms with Crippen molar-refractivity contribution < 1.29 is 9.47 Å². The average molecular weight is 356 g/mol. The molecule has 6 heteroatoms. The van der Waals surface area contributed by atoms with Crippen molar-refractivity contribution in [2.45, 2.75) is 63.4 Å². The number of anilines is 1. The number of rotatable bonds is 5. The van der Waals surface area contributed by atoms with E-state index in [0.717, 1.165) is 61.6 Å². The maximum atomic E-state index is 6.36. The quantitative estimate of drug-likeness (QED) is 0.821. The van der Waals surface area contributed by atoms with E-state index in [1.165, 1.54) is 6.42 Å². The van der Waals surface area contributed by atoms with Gasteiger partial charge in [0.15, 0.2) is 0 Å². The second-order valence-corrected chi connectivity index (χ2v) is 7.53. The van der Waals surface area contributed by atoms with E-state index < -0.39 is 0 Å². The minimum atomic E-state index is 0.182. The number of aliphatic imine (C=N–C) groups is 2. The number of nitrogens with two attached hydrogens (primary N) is 1. The molecule has 2 bridgehead atoms. The first-order valence-electron chi connectivity index (χ1n) is 9.62. The molecule has 26 heavy (non-hydrogen) atoms. The molecule has 6 nitrogen and oxygen atoms in total. The minimum Gasteiger partial charge on any atom is -0.488 e. The molecular weight excluding hydrogens is 328 g/mol. The fraction of sp³-hybridized carbons (Fsp3) is 0.600. The lowest BCUT2D eigenvalue weighted by atomic mass is 9.93. The largest absolute Gasteiger partial charge is 0.488 e. The van der Waals surface area contributed by atoms with E-state index in [2.05, 4.69) is 33.7 Å². The van der Waals surface area contributed by atoms with Crippen LogP contribution < -0.4 is 15.4 Å². The van der Waals surface area contributed by atoms with Crippen molar-refractivity contribution in [2.75, 3.05) is 18.0 Å². The SMILES string of the molecule is C=Nc1c(/N=C\C)cc(N2CC3CC(C2)O3)cc1O[C@H]1CC[C@@H](N)CC1. The molecule has 1 aliphatic carbocycles. The second kappa shape index (κ2) is 7.37. The normalized spacial score (nSPS) is 30.9. The highest BCUT2D eigenvalue weighted by Gasteiger charge is 2.38. The number of ether oxygens (including phenoxy) is 2. The Morgan fingerprint density at radius 2 is 1.92 bits per heavy atom. The van der Waals surface area contributed by atoms with Crippen molar-refractivity contribution in [3.8, 4) is 5.75 Å². The summed E-state index contributed by atoms with van der Waals surface area (Å²) >= 11 is 0. The molecule has 4 aliphatic rings. The van der Waals surface area contributed by atoms with Gasteiger partial charge in [-0.05, 0) is 45.4 Å². The van der Waals surface area contributed by atoms with E-state index in [9.17, 15) is 0 Å². The highest BCUT2D eigenvalue weighted by Crippen LogP contribution is 2.44. The van der Waals surface area contributed by atoms with Crippen LogP contribution in [-0.2, 0) is 4.74 Å². The molecule has 2 N–H and O–H groups in total. The molecule has 2 atom stereocenters. The summed E-state index contributed by atoms with van der Waals surface area (Å²) in [5, 5.41) is 0. The highest BCUT2D eigenvalue weighted by atomic mass is 16.5. The van der Waals surface area contributed by atoms with Crippen molar-refractivity contribution >= 4 is 30.0 Å². The summed E-state index contributed by atoms with van der Waals surface area (Å²) < 4.78 is 12.1. The first-order chi connectivity index (χ1) is 12.7. The van der Waals surface area contributed by atoms with Gasteiger partial charge < -0.3 is 20.1 Å². The Bertz CT molecular complexity index is 681. The van der Waals surface area contributed by atoms with E-state index in [1.807, 2.05) is 6.92 Å². The van der Waals surface area contributed by atoms with Crippen LogP contribution in [0.3, 0.4) is 0 Å². The number of piperidine rings is 1. The van der Waals surface area contributed by atoms with Crippen LogP contribution in [0.4, 0.5) is 17.1 Å². The lowest BCUT2D eigenvalue weighted by molar-refractivity contribution is -0.133. The van der Waals surface area contributed by atoms with Gasteiger partial charge in [0.05, 0.1) is 24.0 Å². The van der Waals surface area contributed by atoms with Gasteiger partial charge in [-0.3, -0.25) is 9.98 Å². The van der Waals surface area contributed by atoms with Gasteiger partial charge in [0, 0.05) is 43.5 Å². The molecule has 3 saturated heterocycles. The molecule has 1 saturated carbocycles. The lowest BCUT2D eigenvalue weighted by Gasteiger charge is -2.48. The summed E-state index contributed by atoms with van der Waals surface area (Å²) in [6, 6.07) is 4.48. The Balaban J connectivity index is 1.62. The number of benzene rings is 1. The molecule has 1 aromatic carbocycles. The van der Waals surface area contributed by atoms with Crippen molar-refractivity contribution in [1.82, 2.24) is 0 Å². The smallest absolute Gasteiger partial charge is 0.149 e. The molecule has 2 unspecified atom stereocenters. The van der Waals surface area contributed by atoms with Crippen molar-refractivity contribution in [3.63, 3.8) is 0 Å². The van der Waals surface area contributed by atoms with Crippen molar-refractivity contribution in [2.24, 2.45) is 15.7 Å².